The van der Waals surface area contributed by atoms with Gasteiger partial charge in [-0.15, -0.1) is 0 Å². The Labute approximate surface area is 130 Å². The van der Waals surface area contributed by atoms with Crippen molar-refractivity contribution in [2.24, 2.45) is 0 Å². The van der Waals surface area contributed by atoms with Gasteiger partial charge in [0.15, 0.2) is 0 Å². The molecule has 0 aromatic heterocycles. The first-order chi connectivity index (χ1) is 10.4. The van der Waals surface area contributed by atoms with Gasteiger partial charge in [0.05, 0.1) is 7.11 Å². The highest BCUT2D eigenvalue weighted by Gasteiger charge is 2.16. The van der Waals surface area contributed by atoms with Gasteiger partial charge in [-0.1, -0.05) is 13.8 Å². The van der Waals surface area contributed by atoms with E-state index in [1.807, 2.05) is 19.1 Å². The fourth-order valence-corrected chi connectivity index (χ4v) is 2.30. The molecule has 1 amide bonds. The quantitative estimate of drug-likeness (QED) is 0.901. The summed E-state index contributed by atoms with van der Waals surface area (Å²) in [4.78, 5) is 12.4. The molecule has 1 N–H and O–H groups in total. The Balaban J connectivity index is 2.32. The van der Waals surface area contributed by atoms with Crippen molar-refractivity contribution in [3.05, 3.63) is 58.9 Å². The minimum absolute atomic E-state index is 0.214. The van der Waals surface area contributed by atoms with E-state index >= 15 is 0 Å². The number of hydrogen-bond acceptors (Lipinski definition) is 2. The molecule has 0 bridgehead atoms. The fraction of sp³-hybridized carbons (Fsp3) is 0.278. The van der Waals surface area contributed by atoms with Crippen LogP contribution >= 0.6 is 0 Å². The summed E-state index contributed by atoms with van der Waals surface area (Å²) in [7, 11) is 1.62. The molecule has 0 radical (unpaired) electrons. The van der Waals surface area contributed by atoms with E-state index in [0.717, 1.165) is 16.9 Å². The van der Waals surface area contributed by atoms with Gasteiger partial charge in [-0.2, -0.15) is 0 Å². The third-order valence-electron chi connectivity index (χ3n) is 3.55. The molecular formula is C18H20FNO2. The molecule has 0 unspecified atom stereocenters. The topological polar surface area (TPSA) is 38.3 Å². The summed E-state index contributed by atoms with van der Waals surface area (Å²) in [6, 6.07) is 9.43. The van der Waals surface area contributed by atoms with Gasteiger partial charge in [-0.3, -0.25) is 4.79 Å². The molecule has 0 saturated carbocycles. The maximum Gasteiger partial charge on any atom is 0.255 e. The van der Waals surface area contributed by atoms with Crippen LogP contribution in [0.25, 0.3) is 0 Å². The highest BCUT2D eigenvalue weighted by atomic mass is 19.1. The van der Waals surface area contributed by atoms with Gasteiger partial charge in [0.25, 0.3) is 5.91 Å². The number of ether oxygens (including phenoxy) is 1. The highest BCUT2D eigenvalue weighted by Crippen LogP contribution is 2.30. The third-order valence-corrected chi connectivity index (χ3v) is 3.55. The lowest BCUT2D eigenvalue weighted by Crippen LogP contribution is -2.14. The van der Waals surface area contributed by atoms with Crippen LogP contribution in [0.2, 0.25) is 0 Å². The first-order valence-corrected chi connectivity index (χ1v) is 7.17. The first kappa shape index (κ1) is 16.0. The van der Waals surface area contributed by atoms with Crippen LogP contribution in [0.5, 0.6) is 5.75 Å². The number of hydrogen-bond donors (Lipinski definition) is 1. The second-order valence-electron chi connectivity index (χ2n) is 5.52. The second kappa shape index (κ2) is 6.60. The molecule has 0 atom stereocenters. The molecule has 2 aromatic rings. The molecule has 0 aliphatic carbocycles. The van der Waals surface area contributed by atoms with Crippen molar-refractivity contribution in [3.8, 4) is 5.75 Å². The average molecular weight is 301 g/mol. The third kappa shape index (κ3) is 3.45. The largest absolute Gasteiger partial charge is 0.496 e. The van der Waals surface area contributed by atoms with Gasteiger partial charge in [-0.05, 0) is 60.4 Å². The number of anilines is 1. The van der Waals surface area contributed by atoms with Crippen LogP contribution in [0.4, 0.5) is 10.1 Å². The molecule has 0 aliphatic heterocycles. The van der Waals surface area contributed by atoms with Crippen LogP contribution in [0, 0.1) is 12.7 Å². The van der Waals surface area contributed by atoms with Gasteiger partial charge in [0.1, 0.15) is 11.6 Å². The van der Waals surface area contributed by atoms with Crippen LogP contribution in [0.3, 0.4) is 0 Å². The molecule has 22 heavy (non-hydrogen) atoms. The van der Waals surface area contributed by atoms with Crippen molar-refractivity contribution in [1.82, 2.24) is 0 Å². The predicted molar refractivity (Wildman–Crippen MR) is 86.2 cm³/mol. The highest BCUT2D eigenvalue weighted by molar-refractivity contribution is 6.05. The van der Waals surface area contributed by atoms with Crippen LogP contribution in [0.1, 0.15) is 41.3 Å². The SMILES string of the molecule is COc1cc(C)c(C(=O)Nc2ccc(F)cc2)cc1C(C)C. The molecule has 0 heterocycles. The molecule has 0 saturated heterocycles. The Kier molecular flexibility index (Phi) is 4.81. The smallest absolute Gasteiger partial charge is 0.255 e. The Morgan fingerprint density at radius 3 is 2.36 bits per heavy atom. The van der Waals surface area contributed by atoms with E-state index in [0.29, 0.717) is 11.3 Å². The fourth-order valence-electron chi connectivity index (χ4n) is 2.30. The zero-order chi connectivity index (χ0) is 16.3. The minimum atomic E-state index is -0.333. The van der Waals surface area contributed by atoms with Gasteiger partial charge in [-0.25, -0.2) is 4.39 Å². The van der Waals surface area contributed by atoms with Gasteiger partial charge in [0, 0.05) is 11.3 Å². The van der Waals surface area contributed by atoms with Crippen LogP contribution < -0.4 is 10.1 Å². The summed E-state index contributed by atoms with van der Waals surface area (Å²) in [5.74, 6) is 0.480. The zero-order valence-corrected chi connectivity index (χ0v) is 13.2. The molecule has 0 spiro atoms. The second-order valence-corrected chi connectivity index (χ2v) is 5.52. The Hall–Kier alpha value is -2.36. The molecule has 0 fully saturated rings. The number of benzene rings is 2. The zero-order valence-electron chi connectivity index (χ0n) is 13.2. The summed E-state index contributed by atoms with van der Waals surface area (Å²) in [5.41, 5.74) is 2.97. The molecule has 0 aliphatic rings. The number of carbonyl (C=O) groups excluding carboxylic acids is 1. The molecule has 116 valence electrons. The average Bonchev–Trinajstić information content (AvgIpc) is 2.48. The van der Waals surface area contributed by atoms with E-state index in [9.17, 15) is 9.18 Å². The lowest BCUT2D eigenvalue weighted by Gasteiger charge is -2.16. The summed E-state index contributed by atoms with van der Waals surface area (Å²) < 4.78 is 18.3. The number of halogens is 1. The monoisotopic (exact) mass is 301 g/mol. The van der Waals surface area contributed by atoms with Crippen molar-refractivity contribution in [3.63, 3.8) is 0 Å². The predicted octanol–water partition coefficient (Wildman–Crippen LogP) is 4.52. The lowest BCUT2D eigenvalue weighted by molar-refractivity contribution is 0.102. The summed E-state index contributed by atoms with van der Waals surface area (Å²) in [6.45, 7) is 5.97. The van der Waals surface area contributed by atoms with E-state index in [-0.39, 0.29) is 17.6 Å². The van der Waals surface area contributed by atoms with E-state index in [2.05, 4.69) is 19.2 Å². The number of methoxy groups -OCH3 is 1. The van der Waals surface area contributed by atoms with E-state index in [4.69, 9.17) is 4.74 Å². The van der Waals surface area contributed by atoms with Crippen LogP contribution in [0.15, 0.2) is 36.4 Å². The molecule has 2 rings (SSSR count). The maximum atomic E-state index is 12.9. The van der Waals surface area contributed by atoms with E-state index in [1.165, 1.54) is 24.3 Å². The molecule has 3 nitrogen and oxygen atoms in total. The number of rotatable bonds is 4. The molecular weight excluding hydrogens is 281 g/mol. The number of carbonyl (C=O) groups is 1. The Morgan fingerprint density at radius 2 is 1.82 bits per heavy atom. The number of aryl methyl sites for hydroxylation is 1. The lowest BCUT2D eigenvalue weighted by atomic mass is 9.96. The summed E-state index contributed by atoms with van der Waals surface area (Å²) >= 11 is 0. The number of nitrogens with one attached hydrogen (secondary N) is 1. The Morgan fingerprint density at radius 1 is 1.18 bits per heavy atom. The van der Waals surface area contributed by atoms with Crippen molar-refractivity contribution < 1.29 is 13.9 Å². The van der Waals surface area contributed by atoms with Crippen LogP contribution in [-0.4, -0.2) is 13.0 Å². The van der Waals surface area contributed by atoms with Crippen molar-refractivity contribution in [2.45, 2.75) is 26.7 Å². The van der Waals surface area contributed by atoms with Crippen molar-refractivity contribution in [2.75, 3.05) is 12.4 Å². The summed E-state index contributed by atoms with van der Waals surface area (Å²) in [5, 5.41) is 2.78. The molecule has 4 heteroatoms. The molecule has 2 aromatic carbocycles. The number of amides is 1. The van der Waals surface area contributed by atoms with Gasteiger partial charge < -0.3 is 10.1 Å². The van der Waals surface area contributed by atoms with Gasteiger partial charge >= 0.3 is 0 Å². The standard InChI is InChI=1S/C18H20FNO2/c1-11(2)15-10-16(12(3)9-17(15)22-4)18(21)20-14-7-5-13(19)6-8-14/h5-11H,1-4H3,(H,20,21). The minimum Gasteiger partial charge on any atom is -0.496 e. The normalized spacial score (nSPS) is 10.6. The van der Waals surface area contributed by atoms with Gasteiger partial charge in [0.2, 0.25) is 0 Å². The van der Waals surface area contributed by atoms with E-state index < -0.39 is 0 Å². The first-order valence-electron chi connectivity index (χ1n) is 7.17. The Bertz CT molecular complexity index is 678. The van der Waals surface area contributed by atoms with Crippen molar-refractivity contribution in [1.29, 1.82) is 0 Å². The summed E-state index contributed by atoms with van der Waals surface area (Å²) in [6.07, 6.45) is 0. The van der Waals surface area contributed by atoms with Crippen molar-refractivity contribution >= 4 is 11.6 Å². The van der Waals surface area contributed by atoms with Crippen LogP contribution in [-0.2, 0) is 0 Å². The maximum absolute atomic E-state index is 12.9. The van der Waals surface area contributed by atoms with E-state index in [1.54, 1.807) is 7.11 Å².